The van der Waals surface area contributed by atoms with Crippen LogP contribution in [0.4, 0.5) is 0 Å². The molecular weight excluding hydrogens is 372 g/mol. The van der Waals surface area contributed by atoms with E-state index in [-0.39, 0.29) is 13.2 Å². The van der Waals surface area contributed by atoms with Crippen molar-refractivity contribution >= 4 is 23.6 Å². The van der Waals surface area contributed by atoms with Gasteiger partial charge >= 0.3 is 5.97 Å². The highest BCUT2D eigenvalue weighted by atomic mass is 32.2. The molecule has 0 spiro atoms. The predicted molar refractivity (Wildman–Crippen MR) is 112 cm³/mol. The van der Waals surface area contributed by atoms with E-state index in [1.165, 1.54) is 11.3 Å². The Hall–Kier alpha value is -2.47. The summed E-state index contributed by atoms with van der Waals surface area (Å²) in [5.74, 6) is 0.353. The van der Waals surface area contributed by atoms with Gasteiger partial charge in [0.1, 0.15) is 6.61 Å². The lowest BCUT2D eigenvalue weighted by atomic mass is 10.1. The molecule has 0 aliphatic carbocycles. The van der Waals surface area contributed by atoms with Crippen LogP contribution >= 0.6 is 11.8 Å². The molecule has 0 N–H and O–H groups in total. The summed E-state index contributed by atoms with van der Waals surface area (Å²) in [6, 6.07) is 17.8. The minimum atomic E-state index is -0.427. The third-order valence-corrected chi connectivity index (χ3v) is 5.32. The lowest BCUT2D eigenvalue weighted by Gasteiger charge is -2.29. The summed E-state index contributed by atoms with van der Waals surface area (Å²) >= 11 is 1.70. The molecule has 28 heavy (non-hydrogen) atoms. The van der Waals surface area contributed by atoms with Crippen LogP contribution in [0.3, 0.4) is 0 Å². The molecule has 1 fully saturated rings. The fourth-order valence-electron chi connectivity index (χ4n) is 3.06. The highest BCUT2D eigenvalue weighted by molar-refractivity contribution is 7.98. The average molecular weight is 399 g/mol. The summed E-state index contributed by atoms with van der Waals surface area (Å²) in [6.07, 6.45) is 5.57. The first-order valence-electron chi connectivity index (χ1n) is 9.55. The van der Waals surface area contributed by atoms with E-state index >= 15 is 0 Å². The largest absolute Gasteiger partial charge is 0.458 e. The highest BCUT2D eigenvalue weighted by Crippen LogP contribution is 2.18. The van der Waals surface area contributed by atoms with Crippen molar-refractivity contribution in [2.75, 3.05) is 26.0 Å². The molecule has 1 aliphatic heterocycles. The smallest absolute Gasteiger partial charge is 0.347 e. The third kappa shape index (κ3) is 6.02. The number of carbonyl (C=O) groups is 1. The van der Waals surface area contributed by atoms with Crippen LogP contribution in [0.5, 0.6) is 0 Å². The summed E-state index contributed by atoms with van der Waals surface area (Å²) in [7, 11) is 0. The minimum absolute atomic E-state index is 0.201. The zero-order valence-electron chi connectivity index (χ0n) is 16.2. The molecular formula is C22H26N2O3S. The van der Waals surface area contributed by atoms with Gasteiger partial charge < -0.3 is 14.5 Å². The van der Waals surface area contributed by atoms with Crippen LogP contribution in [0.1, 0.15) is 30.4 Å². The van der Waals surface area contributed by atoms with E-state index in [4.69, 9.17) is 9.57 Å². The van der Waals surface area contributed by atoms with Crippen molar-refractivity contribution in [3.8, 4) is 0 Å². The van der Waals surface area contributed by atoms with Crippen molar-refractivity contribution < 1.29 is 14.4 Å². The molecule has 0 atom stereocenters. The van der Waals surface area contributed by atoms with Gasteiger partial charge in [0.25, 0.3) is 0 Å². The standard InChI is InChI=1S/C22H26N2O3S/c1-28-20-12-10-19(11-13-20)22(24-14-6-3-7-15-24)23-27-17-21(25)26-16-18-8-4-2-5-9-18/h2,4-5,8-13H,3,6-7,14-17H2,1H3. The second-order valence-corrected chi connectivity index (χ2v) is 7.49. The van der Waals surface area contributed by atoms with Gasteiger partial charge in [0.05, 0.1) is 0 Å². The molecule has 1 saturated heterocycles. The first kappa shape index (κ1) is 20.3. The molecule has 0 radical (unpaired) electrons. The van der Waals surface area contributed by atoms with E-state index in [2.05, 4.69) is 40.6 Å². The quantitative estimate of drug-likeness (QED) is 0.229. The Kier molecular flexibility index (Phi) is 7.79. The molecule has 6 heteroatoms. The zero-order chi connectivity index (χ0) is 19.6. The Bertz CT molecular complexity index is 772. The van der Waals surface area contributed by atoms with Crippen LogP contribution in [-0.2, 0) is 21.0 Å². The van der Waals surface area contributed by atoms with Gasteiger partial charge in [-0.3, -0.25) is 0 Å². The lowest BCUT2D eigenvalue weighted by molar-refractivity contribution is -0.150. The van der Waals surface area contributed by atoms with Gasteiger partial charge in [0, 0.05) is 23.5 Å². The van der Waals surface area contributed by atoms with Crippen molar-refractivity contribution in [3.63, 3.8) is 0 Å². The van der Waals surface area contributed by atoms with Gasteiger partial charge in [-0.1, -0.05) is 47.6 Å². The first-order chi connectivity index (χ1) is 13.8. The van der Waals surface area contributed by atoms with Crippen molar-refractivity contribution in [1.29, 1.82) is 0 Å². The number of rotatable bonds is 7. The normalized spacial score (nSPS) is 14.6. The third-order valence-electron chi connectivity index (χ3n) is 4.58. The number of piperidine rings is 1. The maximum absolute atomic E-state index is 12.0. The number of hydrogen-bond donors (Lipinski definition) is 0. The summed E-state index contributed by atoms with van der Waals surface area (Å²) in [5, 5.41) is 4.30. The minimum Gasteiger partial charge on any atom is -0.458 e. The van der Waals surface area contributed by atoms with Gasteiger partial charge in [-0.15, -0.1) is 11.8 Å². The van der Waals surface area contributed by atoms with Gasteiger partial charge in [0.2, 0.25) is 6.61 Å². The van der Waals surface area contributed by atoms with E-state index in [0.717, 1.165) is 42.9 Å². The lowest BCUT2D eigenvalue weighted by Crippen LogP contribution is -2.36. The zero-order valence-corrected chi connectivity index (χ0v) is 17.0. The van der Waals surface area contributed by atoms with Crippen LogP contribution in [-0.4, -0.2) is 42.7 Å². The summed E-state index contributed by atoms with van der Waals surface area (Å²) in [4.78, 5) is 20.8. The van der Waals surface area contributed by atoms with Gasteiger partial charge in [-0.2, -0.15) is 0 Å². The molecule has 2 aromatic carbocycles. The Morgan fingerprint density at radius 2 is 1.75 bits per heavy atom. The molecule has 1 heterocycles. The maximum Gasteiger partial charge on any atom is 0.347 e. The number of likely N-dealkylation sites (tertiary alicyclic amines) is 1. The van der Waals surface area contributed by atoms with E-state index < -0.39 is 5.97 Å². The van der Waals surface area contributed by atoms with Crippen LogP contribution in [0.2, 0.25) is 0 Å². The number of benzene rings is 2. The molecule has 2 aromatic rings. The number of hydrogen-bond acceptors (Lipinski definition) is 5. The Morgan fingerprint density at radius 1 is 1.04 bits per heavy atom. The van der Waals surface area contributed by atoms with Crippen molar-refractivity contribution in [2.24, 2.45) is 5.16 Å². The topological polar surface area (TPSA) is 51.1 Å². The van der Waals surface area contributed by atoms with Crippen LogP contribution in [0.25, 0.3) is 0 Å². The molecule has 0 amide bonds. The Balaban J connectivity index is 1.60. The van der Waals surface area contributed by atoms with Gasteiger partial charge in [-0.05, 0) is 43.2 Å². The van der Waals surface area contributed by atoms with Crippen molar-refractivity contribution in [2.45, 2.75) is 30.8 Å². The maximum atomic E-state index is 12.0. The number of ether oxygens (including phenoxy) is 1. The average Bonchev–Trinajstić information content (AvgIpc) is 2.77. The number of nitrogens with zero attached hydrogens (tertiary/aromatic N) is 2. The van der Waals surface area contributed by atoms with Gasteiger partial charge in [-0.25, -0.2) is 4.79 Å². The number of oxime groups is 1. The molecule has 148 valence electrons. The monoisotopic (exact) mass is 398 g/mol. The molecule has 5 nitrogen and oxygen atoms in total. The Morgan fingerprint density at radius 3 is 2.43 bits per heavy atom. The van der Waals surface area contributed by atoms with Crippen LogP contribution in [0.15, 0.2) is 64.6 Å². The number of carbonyl (C=O) groups excluding carboxylic acids is 1. The number of esters is 1. The van der Waals surface area contributed by atoms with E-state index in [0.29, 0.717) is 0 Å². The van der Waals surface area contributed by atoms with E-state index in [1.807, 2.05) is 30.3 Å². The molecule has 1 aliphatic rings. The molecule has 0 aromatic heterocycles. The summed E-state index contributed by atoms with van der Waals surface area (Å²) in [5.41, 5.74) is 1.94. The summed E-state index contributed by atoms with van der Waals surface area (Å²) in [6.45, 7) is 1.94. The van der Waals surface area contributed by atoms with Crippen molar-refractivity contribution in [3.05, 3.63) is 65.7 Å². The molecule has 3 rings (SSSR count). The predicted octanol–water partition coefficient (Wildman–Crippen LogP) is 4.32. The van der Waals surface area contributed by atoms with E-state index in [9.17, 15) is 4.79 Å². The first-order valence-corrected chi connectivity index (χ1v) is 10.8. The highest BCUT2D eigenvalue weighted by Gasteiger charge is 2.18. The SMILES string of the molecule is CSc1ccc(C(=NOCC(=O)OCc2ccccc2)N2CCCCC2)cc1. The summed E-state index contributed by atoms with van der Waals surface area (Å²) < 4.78 is 5.24. The Labute approximate surface area is 170 Å². The fraction of sp³-hybridized carbons (Fsp3) is 0.364. The number of amidine groups is 1. The number of thioether (sulfide) groups is 1. The molecule has 0 unspecified atom stereocenters. The molecule has 0 saturated carbocycles. The van der Waals surface area contributed by atoms with Gasteiger partial charge in [0.15, 0.2) is 5.84 Å². The van der Waals surface area contributed by atoms with Crippen molar-refractivity contribution in [1.82, 2.24) is 4.90 Å². The molecule has 0 bridgehead atoms. The van der Waals surface area contributed by atoms with Crippen LogP contribution in [0, 0.1) is 0 Å². The van der Waals surface area contributed by atoms with E-state index in [1.54, 1.807) is 11.8 Å². The second-order valence-electron chi connectivity index (χ2n) is 6.61. The fourth-order valence-corrected chi connectivity index (χ4v) is 3.47. The second kappa shape index (κ2) is 10.8. The van der Waals surface area contributed by atoms with Crippen LogP contribution < -0.4 is 0 Å².